The van der Waals surface area contributed by atoms with E-state index < -0.39 is 6.03 Å². The van der Waals surface area contributed by atoms with Crippen LogP contribution in [-0.2, 0) is 4.79 Å². The largest absolute Gasteiger partial charge is 0.351 e. The van der Waals surface area contributed by atoms with Gasteiger partial charge < -0.3 is 5.73 Å². The summed E-state index contributed by atoms with van der Waals surface area (Å²) in [5.41, 5.74) is 5.81. The molecule has 5 nitrogen and oxygen atoms in total. The molecule has 0 aliphatic heterocycles. The van der Waals surface area contributed by atoms with Crippen LogP contribution in [0, 0.1) is 0 Å². The van der Waals surface area contributed by atoms with Gasteiger partial charge in [0.15, 0.2) is 5.82 Å². The molecule has 1 aromatic carbocycles. The SMILES string of the molecule is NC(=O)n1c(N=C=O)cc2ccccc21. The highest BCUT2D eigenvalue weighted by Gasteiger charge is 2.11. The van der Waals surface area contributed by atoms with E-state index in [9.17, 15) is 9.59 Å². The number of isocyanates is 1. The third kappa shape index (κ3) is 1.41. The van der Waals surface area contributed by atoms with Gasteiger partial charge in [-0.2, -0.15) is 0 Å². The minimum Gasteiger partial charge on any atom is -0.351 e. The second kappa shape index (κ2) is 3.40. The van der Waals surface area contributed by atoms with Crippen LogP contribution in [0.3, 0.4) is 0 Å². The molecule has 0 bridgehead atoms. The van der Waals surface area contributed by atoms with Gasteiger partial charge in [0.1, 0.15) is 0 Å². The molecular weight excluding hydrogens is 194 g/mol. The maximum atomic E-state index is 11.2. The van der Waals surface area contributed by atoms with Gasteiger partial charge in [0.25, 0.3) is 0 Å². The Balaban J connectivity index is 2.86. The minimum atomic E-state index is -0.676. The number of primary amides is 1. The van der Waals surface area contributed by atoms with Gasteiger partial charge in [0, 0.05) is 5.39 Å². The topological polar surface area (TPSA) is 77.5 Å². The summed E-state index contributed by atoms with van der Waals surface area (Å²) in [4.78, 5) is 24.8. The molecule has 0 radical (unpaired) electrons. The Bertz CT molecular complexity index is 579. The first-order valence-electron chi connectivity index (χ1n) is 4.22. The van der Waals surface area contributed by atoms with Crippen molar-refractivity contribution in [1.29, 1.82) is 0 Å². The van der Waals surface area contributed by atoms with Crippen molar-refractivity contribution in [1.82, 2.24) is 4.57 Å². The molecule has 2 N–H and O–H groups in total. The zero-order valence-corrected chi connectivity index (χ0v) is 7.68. The number of fused-ring (bicyclic) bond motifs is 1. The Kier molecular flexibility index (Phi) is 2.08. The van der Waals surface area contributed by atoms with Gasteiger partial charge in [-0.3, -0.25) is 0 Å². The van der Waals surface area contributed by atoms with E-state index in [1.807, 2.05) is 6.07 Å². The standard InChI is InChI=1S/C10H7N3O2/c11-10(15)13-8-4-2-1-3-7(8)5-9(13)12-6-14/h1-5H,(H2,11,15). The molecule has 0 fully saturated rings. The maximum absolute atomic E-state index is 11.2. The Labute approximate surface area is 84.8 Å². The number of hydrogen-bond acceptors (Lipinski definition) is 3. The monoisotopic (exact) mass is 201 g/mol. The predicted octanol–water partition coefficient (Wildman–Crippen LogP) is 1.54. The normalized spacial score (nSPS) is 9.87. The van der Waals surface area contributed by atoms with Gasteiger partial charge in [-0.1, -0.05) is 18.2 Å². The van der Waals surface area contributed by atoms with Crippen LogP contribution in [0.4, 0.5) is 10.6 Å². The van der Waals surface area contributed by atoms with Gasteiger partial charge in [-0.05, 0) is 12.1 Å². The highest BCUT2D eigenvalue weighted by atomic mass is 16.2. The minimum absolute atomic E-state index is 0.193. The second-order valence-corrected chi connectivity index (χ2v) is 2.94. The van der Waals surface area contributed by atoms with Crippen LogP contribution in [0.15, 0.2) is 35.3 Å². The van der Waals surface area contributed by atoms with Crippen LogP contribution in [0.5, 0.6) is 0 Å². The first-order valence-corrected chi connectivity index (χ1v) is 4.22. The lowest BCUT2D eigenvalue weighted by atomic mass is 10.2. The van der Waals surface area contributed by atoms with E-state index >= 15 is 0 Å². The molecule has 0 spiro atoms. The highest BCUT2D eigenvalue weighted by molar-refractivity contribution is 5.95. The van der Waals surface area contributed by atoms with Crippen LogP contribution in [0.25, 0.3) is 10.9 Å². The summed E-state index contributed by atoms with van der Waals surface area (Å²) in [5, 5.41) is 0.797. The summed E-state index contributed by atoms with van der Waals surface area (Å²) in [6, 6.07) is 8.05. The number of rotatable bonds is 1. The van der Waals surface area contributed by atoms with Crippen molar-refractivity contribution >= 4 is 28.8 Å². The average molecular weight is 201 g/mol. The first kappa shape index (κ1) is 9.18. The lowest BCUT2D eigenvalue weighted by Gasteiger charge is -1.99. The smallest absolute Gasteiger partial charge is 0.325 e. The molecule has 0 aliphatic carbocycles. The Morgan fingerprint density at radius 2 is 2.13 bits per heavy atom. The van der Waals surface area contributed by atoms with E-state index in [4.69, 9.17) is 5.73 Å². The van der Waals surface area contributed by atoms with Crippen LogP contribution in [0.1, 0.15) is 0 Å². The average Bonchev–Trinajstić information content (AvgIpc) is 2.56. The van der Waals surface area contributed by atoms with Crippen LogP contribution >= 0.6 is 0 Å². The zero-order chi connectivity index (χ0) is 10.8. The van der Waals surface area contributed by atoms with Crippen LogP contribution < -0.4 is 5.73 Å². The molecule has 0 atom stereocenters. The van der Waals surface area contributed by atoms with Gasteiger partial charge >= 0.3 is 6.03 Å². The number of aromatic nitrogens is 1. The Hall–Kier alpha value is -2.39. The van der Waals surface area contributed by atoms with Crippen molar-refractivity contribution in [3.8, 4) is 0 Å². The van der Waals surface area contributed by atoms with E-state index in [-0.39, 0.29) is 5.82 Å². The fraction of sp³-hybridized carbons (Fsp3) is 0. The third-order valence-electron chi connectivity index (χ3n) is 2.07. The predicted molar refractivity (Wildman–Crippen MR) is 54.7 cm³/mol. The lowest BCUT2D eigenvalue weighted by Crippen LogP contribution is -2.18. The summed E-state index contributed by atoms with van der Waals surface area (Å²) in [7, 11) is 0. The fourth-order valence-electron chi connectivity index (χ4n) is 1.50. The van der Waals surface area contributed by atoms with Crippen molar-refractivity contribution in [2.24, 2.45) is 10.7 Å². The molecule has 0 unspecified atom stereocenters. The summed E-state index contributed by atoms with van der Waals surface area (Å²) < 4.78 is 1.17. The number of carbonyl (C=O) groups excluding carboxylic acids is 2. The number of nitrogens with two attached hydrogens (primary N) is 1. The molecule has 0 saturated carbocycles. The third-order valence-corrected chi connectivity index (χ3v) is 2.07. The number of benzene rings is 1. The van der Waals surface area contributed by atoms with Crippen LogP contribution in [-0.4, -0.2) is 16.7 Å². The molecule has 1 amide bonds. The number of amides is 1. The zero-order valence-electron chi connectivity index (χ0n) is 7.68. The van der Waals surface area contributed by atoms with Gasteiger partial charge in [0.2, 0.25) is 6.08 Å². The van der Waals surface area contributed by atoms with Gasteiger partial charge in [-0.25, -0.2) is 14.2 Å². The fourth-order valence-corrected chi connectivity index (χ4v) is 1.50. The van der Waals surface area contributed by atoms with E-state index in [1.54, 1.807) is 24.3 Å². The molecule has 1 heterocycles. The Morgan fingerprint density at radius 1 is 1.40 bits per heavy atom. The molecule has 0 saturated heterocycles. The number of para-hydroxylation sites is 1. The number of hydrogen-bond donors (Lipinski definition) is 1. The lowest BCUT2D eigenvalue weighted by molar-refractivity contribution is 0.251. The van der Waals surface area contributed by atoms with Gasteiger partial charge in [-0.15, -0.1) is 4.99 Å². The van der Waals surface area contributed by atoms with Gasteiger partial charge in [0.05, 0.1) is 5.52 Å². The number of aliphatic imine (C=N–C) groups is 1. The van der Waals surface area contributed by atoms with Crippen molar-refractivity contribution < 1.29 is 9.59 Å². The summed E-state index contributed by atoms with van der Waals surface area (Å²) >= 11 is 0. The molecule has 15 heavy (non-hydrogen) atoms. The molecule has 74 valence electrons. The second-order valence-electron chi connectivity index (χ2n) is 2.94. The number of nitrogens with zero attached hydrogens (tertiary/aromatic N) is 2. The van der Waals surface area contributed by atoms with Crippen molar-refractivity contribution in [2.75, 3.05) is 0 Å². The molecule has 1 aromatic heterocycles. The molecule has 5 heteroatoms. The van der Waals surface area contributed by atoms with E-state index in [2.05, 4.69) is 4.99 Å². The van der Waals surface area contributed by atoms with Crippen molar-refractivity contribution in [3.63, 3.8) is 0 Å². The van der Waals surface area contributed by atoms with E-state index in [0.29, 0.717) is 5.52 Å². The molecule has 2 aromatic rings. The summed E-state index contributed by atoms with van der Waals surface area (Å²) in [6.07, 6.45) is 1.39. The first-order chi connectivity index (χ1) is 7.24. The van der Waals surface area contributed by atoms with E-state index in [1.165, 1.54) is 10.6 Å². The van der Waals surface area contributed by atoms with Crippen LogP contribution in [0.2, 0.25) is 0 Å². The van der Waals surface area contributed by atoms with E-state index in [0.717, 1.165) is 5.39 Å². The maximum Gasteiger partial charge on any atom is 0.325 e. The van der Waals surface area contributed by atoms with Crippen molar-refractivity contribution in [3.05, 3.63) is 30.3 Å². The summed E-state index contributed by atoms with van der Waals surface area (Å²) in [5.74, 6) is 0.193. The molecule has 2 rings (SSSR count). The highest BCUT2D eigenvalue weighted by Crippen LogP contribution is 2.24. The molecular formula is C10H7N3O2. The molecule has 0 aliphatic rings. The van der Waals surface area contributed by atoms with Crippen molar-refractivity contribution in [2.45, 2.75) is 0 Å². The quantitative estimate of drug-likeness (QED) is 0.561. The number of carbonyl (C=O) groups is 1. The summed E-state index contributed by atoms with van der Waals surface area (Å²) in [6.45, 7) is 0. The Morgan fingerprint density at radius 3 is 2.80 bits per heavy atom.